The van der Waals surface area contributed by atoms with Crippen LogP contribution < -0.4 is 16.2 Å². The summed E-state index contributed by atoms with van der Waals surface area (Å²) in [5.41, 5.74) is 3.26. The molecule has 8 nitrogen and oxygen atoms in total. The lowest BCUT2D eigenvalue weighted by Gasteiger charge is -2.33. The number of urea groups is 1. The van der Waals surface area contributed by atoms with Gasteiger partial charge in [0.15, 0.2) is 0 Å². The van der Waals surface area contributed by atoms with Gasteiger partial charge in [-0.1, -0.05) is 29.8 Å². The molecule has 0 unspecified atom stereocenters. The van der Waals surface area contributed by atoms with Crippen LogP contribution in [-0.2, 0) is 11.3 Å². The first-order valence-electron chi connectivity index (χ1n) is 11.2. The minimum absolute atomic E-state index is 0.0379. The third-order valence-electron chi connectivity index (χ3n) is 6.09. The number of fused-ring (bicyclic) bond motifs is 1. The van der Waals surface area contributed by atoms with E-state index in [1.807, 2.05) is 50.2 Å². The van der Waals surface area contributed by atoms with Gasteiger partial charge < -0.3 is 15.5 Å². The summed E-state index contributed by atoms with van der Waals surface area (Å²) in [6.45, 7) is 5.56. The molecule has 2 N–H and O–H groups in total. The zero-order chi connectivity index (χ0) is 23.4. The molecule has 2 aromatic carbocycles. The summed E-state index contributed by atoms with van der Waals surface area (Å²) in [5, 5.41) is 6.25. The number of carbonyl (C=O) groups is 2. The number of amides is 3. The summed E-state index contributed by atoms with van der Waals surface area (Å²) in [6, 6.07) is 12.8. The first-order chi connectivity index (χ1) is 15.9. The van der Waals surface area contributed by atoms with Gasteiger partial charge in [-0.05, 0) is 56.4 Å². The summed E-state index contributed by atoms with van der Waals surface area (Å²) in [6.07, 6.45) is 3.25. The summed E-state index contributed by atoms with van der Waals surface area (Å²) >= 11 is 0. The van der Waals surface area contributed by atoms with Crippen molar-refractivity contribution >= 4 is 28.5 Å². The lowest BCUT2D eigenvalue weighted by Crippen LogP contribution is -2.46. The van der Waals surface area contributed by atoms with Crippen LogP contribution >= 0.6 is 0 Å². The van der Waals surface area contributed by atoms with E-state index in [0.29, 0.717) is 30.5 Å². The number of nitrogens with one attached hydrogen (secondary N) is 2. The highest BCUT2D eigenvalue weighted by molar-refractivity contribution is 5.89. The molecule has 33 heavy (non-hydrogen) atoms. The molecule has 0 saturated carbocycles. The normalized spacial score (nSPS) is 15.9. The third kappa shape index (κ3) is 5.39. The second-order valence-electron chi connectivity index (χ2n) is 8.70. The molecule has 1 aliphatic heterocycles. The number of carbonyl (C=O) groups excluding carboxylic acids is 2. The maximum atomic E-state index is 12.9. The van der Waals surface area contributed by atoms with Gasteiger partial charge in [0.05, 0.1) is 17.2 Å². The highest BCUT2D eigenvalue weighted by Crippen LogP contribution is 2.17. The number of hydrogen-bond acceptors (Lipinski definition) is 4. The van der Waals surface area contributed by atoms with Gasteiger partial charge in [0.25, 0.3) is 5.56 Å². The topological polar surface area (TPSA) is 96.3 Å². The average Bonchev–Trinajstić information content (AvgIpc) is 2.81. The maximum Gasteiger partial charge on any atom is 0.319 e. The van der Waals surface area contributed by atoms with Gasteiger partial charge in [-0.3, -0.25) is 14.2 Å². The Kier molecular flexibility index (Phi) is 6.72. The van der Waals surface area contributed by atoms with Crippen molar-refractivity contribution in [3.63, 3.8) is 0 Å². The first kappa shape index (κ1) is 22.5. The molecule has 0 bridgehead atoms. The van der Waals surface area contributed by atoms with Crippen molar-refractivity contribution in [3.05, 3.63) is 70.3 Å². The largest absolute Gasteiger partial charge is 0.341 e. The molecule has 1 aliphatic rings. The molecule has 4 rings (SSSR count). The third-order valence-corrected chi connectivity index (χ3v) is 6.09. The Morgan fingerprint density at radius 3 is 2.70 bits per heavy atom. The van der Waals surface area contributed by atoms with Gasteiger partial charge in [0, 0.05) is 25.3 Å². The summed E-state index contributed by atoms with van der Waals surface area (Å²) in [5.74, 6) is 0.0558. The Hall–Kier alpha value is -3.68. The SMILES string of the molecule is Cc1ccc(NC(=O)NC[C@@H]2CCCN(C(=O)Cn3cnc4c(C)cccc4c3=O)C2)cc1. The van der Waals surface area contributed by atoms with Crippen molar-refractivity contribution < 1.29 is 9.59 Å². The Morgan fingerprint density at radius 1 is 1.12 bits per heavy atom. The van der Waals surface area contributed by atoms with Crippen molar-refractivity contribution in [2.45, 2.75) is 33.2 Å². The first-order valence-corrected chi connectivity index (χ1v) is 11.2. The maximum absolute atomic E-state index is 12.9. The van der Waals surface area contributed by atoms with Crippen molar-refractivity contribution in [2.24, 2.45) is 5.92 Å². The number of rotatable bonds is 5. The van der Waals surface area contributed by atoms with Crippen LogP contribution in [0.15, 0.2) is 53.6 Å². The van der Waals surface area contributed by atoms with Crippen LogP contribution in [-0.4, -0.2) is 46.0 Å². The van der Waals surface area contributed by atoms with Crippen LogP contribution in [0.2, 0.25) is 0 Å². The molecule has 1 atom stereocenters. The number of likely N-dealkylation sites (tertiary alicyclic amines) is 1. The lowest BCUT2D eigenvalue weighted by atomic mass is 9.98. The van der Waals surface area contributed by atoms with Gasteiger partial charge in [0.2, 0.25) is 5.91 Å². The minimum atomic E-state index is -0.258. The van der Waals surface area contributed by atoms with Crippen molar-refractivity contribution in [2.75, 3.05) is 25.0 Å². The molecule has 0 aliphatic carbocycles. The van der Waals surface area contributed by atoms with Gasteiger partial charge in [-0.15, -0.1) is 0 Å². The molecule has 8 heteroatoms. The number of piperidine rings is 1. The number of para-hydroxylation sites is 1. The molecule has 0 spiro atoms. The highest BCUT2D eigenvalue weighted by Gasteiger charge is 2.24. The zero-order valence-corrected chi connectivity index (χ0v) is 19.0. The summed E-state index contributed by atoms with van der Waals surface area (Å²) in [4.78, 5) is 44.1. The number of aromatic nitrogens is 2. The van der Waals surface area contributed by atoms with E-state index in [-0.39, 0.29) is 30.0 Å². The van der Waals surface area contributed by atoms with Crippen LogP contribution in [0.1, 0.15) is 24.0 Å². The fourth-order valence-electron chi connectivity index (χ4n) is 4.20. The number of nitrogens with zero attached hydrogens (tertiary/aromatic N) is 3. The van der Waals surface area contributed by atoms with Crippen LogP contribution in [0, 0.1) is 19.8 Å². The molecule has 1 saturated heterocycles. The molecular weight excluding hydrogens is 418 g/mol. The number of anilines is 1. The Bertz CT molecular complexity index is 1220. The predicted octanol–water partition coefficient (Wildman–Crippen LogP) is 3.07. The van der Waals surface area contributed by atoms with E-state index in [1.54, 1.807) is 11.0 Å². The molecular formula is C25H29N5O3. The van der Waals surface area contributed by atoms with Gasteiger partial charge >= 0.3 is 6.03 Å². The fourth-order valence-corrected chi connectivity index (χ4v) is 4.20. The minimum Gasteiger partial charge on any atom is -0.341 e. The van der Waals surface area contributed by atoms with Crippen LogP contribution in [0.5, 0.6) is 0 Å². The molecule has 3 aromatic rings. The Morgan fingerprint density at radius 2 is 1.91 bits per heavy atom. The van der Waals surface area contributed by atoms with Crippen LogP contribution in [0.25, 0.3) is 10.9 Å². The quantitative estimate of drug-likeness (QED) is 0.628. The molecule has 3 amide bonds. The molecule has 2 heterocycles. The molecule has 0 radical (unpaired) electrons. The lowest BCUT2D eigenvalue weighted by molar-refractivity contribution is -0.133. The van der Waals surface area contributed by atoms with Gasteiger partial charge in [-0.25, -0.2) is 9.78 Å². The van der Waals surface area contributed by atoms with Crippen molar-refractivity contribution in [3.8, 4) is 0 Å². The average molecular weight is 448 g/mol. The number of hydrogen-bond donors (Lipinski definition) is 2. The Labute approximate surface area is 192 Å². The van der Waals surface area contributed by atoms with Crippen molar-refractivity contribution in [1.82, 2.24) is 19.8 Å². The smallest absolute Gasteiger partial charge is 0.319 e. The van der Waals surface area contributed by atoms with E-state index in [4.69, 9.17) is 0 Å². The van der Waals surface area contributed by atoms with E-state index in [1.165, 1.54) is 10.9 Å². The van der Waals surface area contributed by atoms with E-state index >= 15 is 0 Å². The monoisotopic (exact) mass is 447 g/mol. The van der Waals surface area contributed by atoms with Gasteiger partial charge in [0.1, 0.15) is 6.54 Å². The van der Waals surface area contributed by atoms with E-state index in [2.05, 4.69) is 15.6 Å². The van der Waals surface area contributed by atoms with E-state index in [9.17, 15) is 14.4 Å². The summed E-state index contributed by atoms with van der Waals surface area (Å²) < 4.78 is 1.38. The predicted molar refractivity (Wildman–Crippen MR) is 128 cm³/mol. The standard InChI is InChI=1S/C25H29N5O3/c1-17-8-10-20(11-9-17)28-25(33)26-13-19-6-4-12-29(14-19)22(31)15-30-16-27-23-18(2)5-3-7-21(23)24(30)32/h3,5,7-11,16,19H,4,6,12-15H2,1-2H3,(H2,26,28,33)/t19-/m0/s1. The van der Waals surface area contributed by atoms with Crippen LogP contribution in [0.3, 0.4) is 0 Å². The number of aryl methyl sites for hydroxylation is 2. The number of benzene rings is 2. The summed E-state index contributed by atoms with van der Waals surface area (Å²) in [7, 11) is 0. The van der Waals surface area contributed by atoms with Gasteiger partial charge in [-0.2, -0.15) is 0 Å². The fraction of sp³-hybridized carbons (Fsp3) is 0.360. The van der Waals surface area contributed by atoms with Crippen molar-refractivity contribution in [1.29, 1.82) is 0 Å². The molecule has 1 fully saturated rings. The second-order valence-corrected chi connectivity index (χ2v) is 8.70. The Balaban J connectivity index is 1.32. The zero-order valence-electron chi connectivity index (χ0n) is 19.0. The molecule has 172 valence electrons. The van der Waals surface area contributed by atoms with E-state index < -0.39 is 0 Å². The highest BCUT2D eigenvalue weighted by atomic mass is 16.2. The van der Waals surface area contributed by atoms with Crippen LogP contribution in [0.4, 0.5) is 10.5 Å². The molecule has 1 aromatic heterocycles. The van der Waals surface area contributed by atoms with E-state index in [0.717, 1.165) is 29.7 Å². The second kappa shape index (κ2) is 9.85.